The number of halogens is 1. The molecule has 0 aliphatic heterocycles. The van der Waals surface area contributed by atoms with Crippen LogP contribution < -0.4 is 0 Å². The SMILES string of the molecule is C=C/C=C(\C(=C)Cl)C(C)C. The fourth-order valence-electron chi connectivity index (χ4n) is 0.723. The van der Waals surface area contributed by atoms with Gasteiger partial charge in [-0.25, -0.2) is 0 Å². The summed E-state index contributed by atoms with van der Waals surface area (Å²) in [6, 6.07) is 0. The number of hydrogen-bond donors (Lipinski definition) is 0. The first-order chi connectivity index (χ1) is 4.59. The zero-order valence-electron chi connectivity index (χ0n) is 6.52. The summed E-state index contributed by atoms with van der Waals surface area (Å²) in [5, 5.41) is 0.606. The van der Waals surface area contributed by atoms with Crippen LogP contribution in [0.3, 0.4) is 0 Å². The molecule has 0 aromatic carbocycles. The van der Waals surface area contributed by atoms with Gasteiger partial charge < -0.3 is 0 Å². The minimum Gasteiger partial charge on any atom is -0.0991 e. The van der Waals surface area contributed by atoms with Crippen molar-refractivity contribution in [3.8, 4) is 0 Å². The van der Waals surface area contributed by atoms with Crippen molar-refractivity contribution in [3.63, 3.8) is 0 Å². The topological polar surface area (TPSA) is 0 Å². The predicted octanol–water partition coefficient (Wildman–Crippen LogP) is 3.51. The first kappa shape index (κ1) is 9.51. The Balaban J connectivity index is 4.41. The molecule has 10 heavy (non-hydrogen) atoms. The van der Waals surface area contributed by atoms with Crippen LogP contribution in [0.25, 0.3) is 0 Å². The van der Waals surface area contributed by atoms with Gasteiger partial charge in [0.05, 0.1) is 0 Å². The van der Waals surface area contributed by atoms with E-state index in [4.69, 9.17) is 11.6 Å². The maximum atomic E-state index is 5.71. The standard InChI is InChI=1S/C9H13Cl/c1-5-6-9(7(2)3)8(4)10/h5-7H,1,4H2,2-3H3/b9-6-. The van der Waals surface area contributed by atoms with Crippen LogP contribution in [0.1, 0.15) is 13.8 Å². The van der Waals surface area contributed by atoms with Gasteiger partial charge in [0.15, 0.2) is 0 Å². The molecule has 56 valence electrons. The van der Waals surface area contributed by atoms with Crippen molar-refractivity contribution in [1.82, 2.24) is 0 Å². The van der Waals surface area contributed by atoms with Crippen LogP contribution in [0.2, 0.25) is 0 Å². The maximum Gasteiger partial charge on any atom is 0.0368 e. The molecule has 1 heteroatoms. The van der Waals surface area contributed by atoms with Crippen molar-refractivity contribution in [2.75, 3.05) is 0 Å². The molecular formula is C9H13Cl. The molecule has 0 saturated heterocycles. The molecule has 0 radical (unpaired) electrons. The highest BCUT2D eigenvalue weighted by molar-refractivity contribution is 6.31. The molecule has 0 fully saturated rings. The van der Waals surface area contributed by atoms with Gasteiger partial charge >= 0.3 is 0 Å². The highest BCUT2D eigenvalue weighted by atomic mass is 35.5. The van der Waals surface area contributed by atoms with Crippen LogP contribution in [-0.2, 0) is 0 Å². The highest BCUT2D eigenvalue weighted by Crippen LogP contribution is 2.20. The third-order valence-corrected chi connectivity index (χ3v) is 1.45. The Morgan fingerprint density at radius 2 is 2.00 bits per heavy atom. The van der Waals surface area contributed by atoms with Gasteiger partial charge in [-0.1, -0.05) is 50.8 Å². The summed E-state index contributed by atoms with van der Waals surface area (Å²) in [7, 11) is 0. The summed E-state index contributed by atoms with van der Waals surface area (Å²) in [4.78, 5) is 0. The Morgan fingerprint density at radius 3 is 2.10 bits per heavy atom. The van der Waals surface area contributed by atoms with Crippen molar-refractivity contribution < 1.29 is 0 Å². The van der Waals surface area contributed by atoms with Crippen molar-refractivity contribution in [2.45, 2.75) is 13.8 Å². The van der Waals surface area contributed by atoms with E-state index in [1.165, 1.54) is 0 Å². The first-order valence-corrected chi connectivity index (χ1v) is 3.64. The molecule has 0 aliphatic carbocycles. The van der Waals surface area contributed by atoms with Gasteiger partial charge in [-0.2, -0.15) is 0 Å². The van der Waals surface area contributed by atoms with E-state index in [2.05, 4.69) is 27.0 Å². The van der Waals surface area contributed by atoms with Crippen LogP contribution in [0.5, 0.6) is 0 Å². The van der Waals surface area contributed by atoms with Gasteiger partial charge in [0.1, 0.15) is 0 Å². The van der Waals surface area contributed by atoms with Gasteiger partial charge in [-0.15, -0.1) is 0 Å². The molecule has 0 aromatic heterocycles. The van der Waals surface area contributed by atoms with Gasteiger partial charge in [0.2, 0.25) is 0 Å². The molecule has 0 unspecified atom stereocenters. The fourth-order valence-corrected chi connectivity index (χ4v) is 1.00. The molecular weight excluding hydrogens is 144 g/mol. The third-order valence-electron chi connectivity index (χ3n) is 1.23. The van der Waals surface area contributed by atoms with E-state index in [-0.39, 0.29) is 0 Å². The second-order valence-electron chi connectivity index (χ2n) is 2.42. The maximum absolute atomic E-state index is 5.71. The average molecular weight is 157 g/mol. The lowest BCUT2D eigenvalue weighted by Gasteiger charge is -2.07. The normalized spacial score (nSPS) is 11.8. The second-order valence-corrected chi connectivity index (χ2v) is 2.87. The minimum absolute atomic E-state index is 0.419. The molecule has 0 nitrogen and oxygen atoms in total. The molecule has 0 saturated carbocycles. The zero-order chi connectivity index (χ0) is 8.15. The Hall–Kier alpha value is -0.490. The summed E-state index contributed by atoms with van der Waals surface area (Å²) in [6.07, 6.45) is 3.61. The minimum atomic E-state index is 0.419. The van der Waals surface area contributed by atoms with E-state index < -0.39 is 0 Å². The molecule has 0 heterocycles. The lowest BCUT2D eigenvalue weighted by molar-refractivity contribution is 0.788. The summed E-state index contributed by atoms with van der Waals surface area (Å²) in [5.41, 5.74) is 1.05. The van der Waals surface area contributed by atoms with Crippen molar-refractivity contribution in [2.24, 2.45) is 5.92 Å². The Bertz CT molecular complexity index is 164. The van der Waals surface area contributed by atoms with Crippen LogP contribution in [-0.4, -0.2) is 0 Å². The molecule has 0 amide bonds. The van der Waals surface area contributed by atoms with E-state index in [0.717, 1.165) is 5.57 Å². The fraction of sp³-hybridized carbons (Fsp3) is 0.333. The number of allylic oxidation sites excluding steroid dienone is 4. The Morgan fingerprint density at radius 1 is 1.50 bits per heavy atom. The average Bonchev–Trinajstić information content (AvgIpc) is 1.81. The largest absolute Gasteiger partial charge is 0.0991 e. The Kier molecular flexibility index (Phi) is 4.13. The van der Waals surface area contributed by atoms with Crippen LogP contribution >= 0.6 is 11.6 Å². The second kappa shape index (κ2) is 4.35. The summed E-state index contributed by atoms with van der Waals surface area (Å²) < 4.78 is 0. The smallest absolute Gasteiger partial charge is 0.0368 e. The van der Waals surface area contributed by atoms with Crippen molar-refractivity contribution >= 4 is 11.6 Å². The van der Waals surface area contributed by atoms with Gasteiger partial charge in [0, 0.05) is 5.03 Å². The zero-order valence-corrected chi connectivity index (χ0v) is 7.28. The van der Waals surface area contributed by atoms with E-state index in [9.17, 15) is 0 Å². The van der Waals surface area contributed by atoms with Gasteiger partial charge in [0.25, 0.3) is 0 Å². The lowest BCUT2D eigenvalue weighted by atomic mass is 10.0. The monoisotopic (exact) mass is 156 g/mol. The highest BCUT2D eigenvalue weighted by Gasteiger charge is 2.02. The molecule has 0 N–H and O–H groups in total. The van der Waals surface area contributed by atoms with E-state index in [1.54, 1.807) is 6.08 Å². The summed E-state index contributed by atoms with van der Waals surface area (Å²) in [5.74, 6) is 0.419. The van der Waals surface area contributed by atoms with Crippen LogP contribution in [0.15, 0.2) is 35.9 Å². The van der Waals surface area contributed by atoms with Crippen molar-refractivity contribution in [3.05, 3.63) is 35.9 Å². The molecule has 0 aliphatic rings. The van der Waals surface area contributed by atoms with Crippen molar-refractivity contribution in [1.29, 1.82) is 0 Å². The van der Waals surface area contributed by atoms with Crippen LogP contribution in [0.4, 0.5) is 0 Å². The molecule has 0 bridgehead atoms. The van der Waals surface area contributed by atoms with E-state index in [0.29, 0.717) is 11.0 Å². The lowest BCUT2D eigenvalue weighted by Crippen LogP contribution is -1.92. The molecule has 0 rings (SSSR count). The number of hydrogen-bond acceptors (Lipinski definition) is 0. The molecule has 0 aromatic rings. The Labute approximate surface area is 67.9 Å². The quantitative estimate of drug-likeness (QED) is 0.549. The summed E-state index contributed by atoms with van der Waals surface area (Å²) in [6.45, 7) is 11.4. The third kappa shape index (κ3) is 2.88. The molecule has 0 atom stereocenters. The predicted molar refractivity (Wildman–Crippen MR) is 48.1 cm³/mol. The first-order valence-electron chi connectivity index (χ1n) is 3.27. The summed E-state index contributed by atoms with van der Waals surface area (Å²) >= 11 is 5.71. The molecule has 0 spiro atoms. The van der Waals surface area contributed by atoms with Gasteiger partial charge in [-0.05, 0) is 11.5 Å². The number of rotatable bonds is 3. The van der Waals surface area contributed by atoms with E-state index in [1.807, 2.05) is 6.08 Å². The van der Waals surface area contributed by atoms with Gasteiger partial charge in [-0.3, -0.25) is 0 Å². The van der Waals surface area contributed by atoms with Crippen LogP contribution in [0, 0.1) is 5.92 Å². The van der Waals surface area contributed by atoms with E-state index >= 15 is 0 Å².